The molecule has 0 atom stereocenters. The second kappa shape index (κ2) is 4.90. The van der Waals surface area contributed by atoms with Gasteiger partial charge in [0.2, 0.25) is 5.95 Å². The van der Waals surface area contributed by atoms with Gasteiger partial charge in [0.25, 0.3) is 10.0 Å². The summed E-state index contributed by atoms with van der Waals surface area (Å²) in [6.07, 6.45) is 0. The minimum Gasteiger partial charge on any atom is -0.247 e. The number of hydrogen-bond donors (Lipinski definition) is 1. The third kappa shape index (κ3) is 3.10. The number of anilines is 1. The van der Waals surface area contributed by atoms with E-state index in [0.29, 0.717) is 0 Å². The average molecular weight is 297 g/mol. The minimum absolute atomic E-state index is 0.112. The molecule has 0 unspecified atom stereocenters. The van der Waals surface area contributed by atoms with Gasteiger partial charge < -0.3 is 0 Å². The zero-order valence-corrected chi connectivity index (χ0v) is 12.8. The number of aryl methyl sites for hydroxylation is 4. The summed E-state index contributed by atoms with van der Waals surface area (Å²) in [6.45, 7) is 7.26. The zero-order valence-electron chi connectivity index (χ0n) is 11.2. The Labute approximate surface area is 116 Å². The van der Waals surface area contributed by atoms with E-state index in [0.717, 1.165) is 21.1 Å². The Kier molecular flexibility index (Phi) is 3.60. The van der Waals surface area contributed by atoms with E-state index in [-0.39, 0.29) is 10.8 Å². The summed E-state index contributed by atoms with van der Waals surface area (Å²) in [5.41, 5.74) is 1.45. The molecule has 0 aromatic carbocycles. The number of rotatable bonds is 3. The fourth-order valence-electron chi connectivity index (χ4n) is 1.82. The highest BCUT2D eigenvalue weighted by Gasteiger charge is 2.20. The van der Waals surface area contributed by atoms with Crippen molar-refractivity contribution < 1.29 is 8.42 Å². The molecule has 5 nitrogen and oxygen atoms in total. The molecule has 0 saturated heterocycles. The van der Waals surface area contributed by atoms with E-state index in [1.165, 1.54) is 11.3 Å². The van der Waals surface area contributed by atoms with Crippen molar-refractivity contribution in [1.82, 2.24) is 9.97 Å². The summed E-state index contributed by atoms with van der Waals surface area (Å²) in [5.74, 6) is 0.112. The van der Waals surface area contributed by atoms with Gasteiger partial charge in [0.15, 0.2) is 0 Å². The lowest BCUT2D eigenvalue weighted by Gasteiger charge is -2.07. The molecule has 2 aromatic heterocycles. The van der Waals surface area contributed by atoms with Gasteiger partial charge in [0.05, 0.1) is 0 Å². The van der Waals surface area contributed by atoms with E-state index in [1.54, 1.807) is 32.9 Å². The first kappa shape index (κ1) is 14.0. The van der Waals surface area contributed by atoms with Crippen LogP contribution in [0.4, 0.5) is 5.95 Å². The first-order chi connectivity index (χ1) is 8.78. The highest BCUT2D eigenvalue weighted by molar-refractivity contribution is 7.92. The van der Waals surface area contributed by atoms with Gasteiger partial charge in [-0.25, -0.2) is 23.1 Å². The van der Waals surface area contributed by atoms with Gasteiger partial charge in [-0.2, -0.15) is 0 Å². The monoisotopic (exact) mass is 297 g/mol. The van der Waals surface area contributed by atoms with Crippen molar-refractivity contribution in [2.45, 2.75) is 32.6 Å². The van der Waals surface area contributed by atoms with Gasteiger partial charge in [-0.15, -0.1) is 11.3 Å². The third-order valence-corrected chi connectivity index (χ3v) is 5.04. The number of thiophene rings is 1. The summed E-state index contributed by atoms with van der Waals surface area (Å²) < 4.78 is 27.0. The number of hydrogen-bond acceptors (Lipinski definition) is 5. The van der Waals surface area contributed by atoms with E-state index >= 15 is 0 Å². The second-order valence-corrected chi connectivity index (χ2v) is 7.47. The summed E-state index contributed by atoms with van der Waals surface area (Å²) in [4.78, 5) is 10.2. The molecule has 0 saturated carbocycles. The Morgan fingerprint density at radius 2 is 1.63 bits per heavy atom. The maximum atomic E-state index is 12.3. The largest absolute Gasteiger partial charge is 0.265 e. The SMILES string of the molecule is Cc1cc(C)nc(NS(=O)(=O)c2cc(C)sc2C)n1. The Morgan fingerprint density at radius 3 is 2.11 bits per heavy atom. The predicted octanol–water partition coefficient (Wildman–Crippen LogP) is 2.57. The molecule has 2 aromatic rings. The summed E-state index contributed by atoms with van der Waals surface area (Å²) in [5, 5.41) is 0. The van der Waals surface area contributed by atoms with Crippen LogP contribution in [0.3, 0.4) is 0 Å². The maximum absolute atomic E-state index is 12.3. The molecule has 7 heteroatoms. The standard InChI is InChI=1S/C12H15N3O2S2/c1-7-5-8(2)14-12(13-7)15-19(16,17)11-6-9(3)18-10(11)4/h5-6H,1-4H3,(H,13,14,15). The van der Waals surface area contributed by atoms with Crippen molar-refractivity contribution in [2.24, 2.45) is 0 Å². The Hall–Kier alpha value is -1.47. The Morgan fingerprint density at radius 1 is 1.05 bits per heavy atom. The van der Waals surface area contributed by atoms with E-state index in [9.17, 15) is 8.42 Å². The number of nitrogens with one attached hydrogen (secondary N) is 1. The molecule has 0 spiro atoms. The molecule has 0 aliphatic carbocycles. The van der Waals surface area contributed by atoms with E-state index in [4.69, 9.17) is 0 Å². The molecule has 1 N–H and O–H groups in total. The first-order valence-electron chi connectivity index (χ1n) is 5.70. The summed E-state index contributed by atoms with van der Waals surface area (Å²) in [6, 6.07) is 3.45. The molecule has 0 bridgehead atoms. The molecule has 0 amide bonds. The van der Waals surface area contributed by atoms with Crippen LogP contribution >= 0.6 is 11.3 Å². The van der Waals surface area contributed by atoms with Crippen LogP contribution in [0, 0.1) is 27.7 Å². The molecular weight excluding hydrogens is 282 g/mol. The van der Waals surface area contributed by atoms with E-state index < -0.39 is 10.0 Å². The van der Waals surface area contributed by atoms with Gasteiger partial charge in [-0.1, -0.05) is 0 Å². The lowest BCUT2D eigenvalue weighted by Crippen LogP contribution is -2.15. The molecule has 2 rings (SSSR count). The van der Waals surface area contributed by atoms with Crippen molar-refractivity contribution in [3.8, 4) is 0 Å². The van der Waals surface area contributed by atoms with Crippen molar-refractivity contribution in [3.05, 3.63) is 33.3 Å². The highest BCUT2D eigenvalue weighted by Crippen LogP contribution is 2.26. The lowest BCUT2D eigenvalue weighted by molar-refractivity contribution is 0.600. The van der Waals surface area contributed by atoms with Gasteiger partial charge in [0.1, 0.15) is 4.90 Å². The van der Waals surface area contributed by atoms with E-state index in [2.05, 4.69) is 14.7 Å². The molecule has 19 heavy (non-hydrogen) atoms. The van der Waals surface area contributed by atoms with Gasteiger partial charge >= 0.3 is 0 Å². The van der Waals surface area contributed by atoms with Crippen LogP contribution < -0.4 is 4.72 Å². The number of aromatic nitrogens is 2. The van der Waals surface area contributed by atoms with Crippen molar-refractivity contribution in [1.29, 1.82) is 0 Å². The average Bonchev–Trinajstić information content (AvgIpc) is 2.56. The smallest absolute Gasteiger partial charge is 0.247 e. The van der Waals surface area contributed by atoms with Crippen LogP contribution in [0.25, 0.3) is 0 Å². The highest BCUT2D eigenvalue weighted by atomic mass is 32.2. The van der Waals surface area contributed by atoms with Crippen LogP contribution in [0.5, 0.6) is 0 Å². The molecule has 0 aliphatic heterocycles. The van der Waals surface area contributed by atoms with Crippen LogP contribution in [0.2, 0.25) is 0 Å². The fraction of sp³-hybridized carbons (Fsp3) is 0.333. The van der Waals surface area contributed by atoms with Crippen molar-refractivity contribution >= 4 is 27.3 Å². The van der Waals surface area contributed by atoms with Gasteiger partial charge in [-0.05, 0) is 39.8 Å². The van der Waals surface area contributed by atoms with Crippen LogP contribution in [-0.4, -0.2) is 18.4 Å². The summed E-state index contributed by atoms with van der Waals surface area (Å²) >= 11 is 1.45. The van der Waals surface area contributed by atoms with Crippen LogP contribution in [-0.2, 0) is 10.0 Å². The van der Waals surface area contributed by atoms with Crippen LogP contribution in [0.15, 0.2) is 17.0 Å². The fourth-order valence-corrected chi connectivity index (χ4v) is 4.32. The van der Waals surface area contributed by atoms with Crippen LogP contribution in [0.1, 0.15) is 21.1 Å². The quantitative estimate of drug-likeness (QED) is 0.945. The molecule has 0 aliphatic rings. The summed E-state index contributed by atoms with van der Waals surface area (Å²) in [7, 11) is -3.62. The van der Waals surface area contributed by atoms with Gasteiger partial charge in [0, 0.05) is 21.1 Å². The van der Waals surface area contributed by atoms with Crippen molar-refractivity contribution in [3.63, 3.8) is 0 Å². The third-order valence-electron chi connectivity index (χ3n) is 2.49. The van der Waals surface area contributed by atoms with Crippen molar-refractivity contribution in [2.75, 3.05) is 4.72 Å². The first-order valence-corrected chi connectivity index (χ1v) is 8.00. The normalized spacial score (nSPS) is 11.6. The molecular formula is C12H15N3O2S2. The topological polar surface area (TPSA) is 72.0 Å². The molecule has 0 fully saturated rings. The molecule has 0 radical (unpaired) electrons. The number of sulfonamides is 1. The molecule has 102 valence electrons. The minimum atomic E-state index is -3.62. The lowest BCUT2D eigenvalue weighted by atomic mass is 10.4. The van der Waals surface area contributed by atoms with Gasteiger partial charge in [-0.3, -0.25) is 0 Å². The Balaban J connectivity index is 2.39. The zero-order chi connectivity index (χ0) is 14.2. The predicted molar refractivity (Wildman–Crippen MR) is 76.1 cm³/mol. The Bertz CT molecular complexity index is 700. The second-order valence-electron chi connectivity index (χ2n) is 4.36. The molecule has 2 heterocycles. The van der Waals surface area contributed by atoms with E-state index in [1.807, 2.05) is 6.92 Å². The number of nitrogens with zero attached hydrogens (tertiary/aromatic N) is 2. The maximum Gasteiger partial charge on any atom is 0.265 e.